The molecular formula is C17H27N3O. The van der Waals surface area contributed by atoms with E-state index in [9.17, 15) is 4.79 Å². The molecule has 0 saturated carbocycles. The van der Waals surface area contributed by atoms with Crippen LogP contribution in [0.3, 0.4) is 0 Å². The molecule has 1 fully saturated rings. The van der Waals surface area contributed by atoms with Crippen LogP contribution in [0.2, 0.25) is 0 Å². The average molecular weight is 289 g/mol. The smallest absolute Gasteiger partial charge is 0.234 e. The summed E-state index contributed by atoms with van der Waals surface area (Å²) in [6.45, 7) is 6.13. The molecule has 1 aliphatic heterocycles. The summed E-state index contributed by atoms with van der Waals surface area (Å²) < 4.78 is 0. The van der Waals surface area contributed by atoms with E-state index in [1.807, 2.05) is 18.2 Å². The van der Waals surface area contributed by atoms with Crippen LogP contribution in [0.25, 0.3) is 0 Å². The highest BCUT2D eigenvalue weighted by Gasteiger charge is 2.25. The molecule has 0 aliphatic carbocycles. The average Bonchev–Trinajstić information content (AvgIpc) is 2.50. The van der Waals surface area contributed by atoms with E-state index < -0.39 is 0 Å². The highest BCUT2D eigenvalue weighted by molar-refractivity contribution is 5.78. The maximum Gasteiger partial charge on any atom is 0.234 e. The second-order valence-electron chi connectivity index (χ2n) is 6.08. The Bertz CT molecular complexity index is 435. The van der Waals surface area contributed by atoms with Crippen LogP contribution >= 0.6 is 0 Å². The van der Waals surface area contributed by atoms with E-state index in [-0.39, 0.29) is 5.91 Å². The van der Waals surface area contributed by atoms with E-state index in [0.717, 1.165) is 25.9 Å². The number of nitrogens with one attached hydrogen (secondary N) is 1. The fourth-order valence-corrected chi connectivity index (χ4v) is 2.93. The van der Waals surface area contributed by atoms with Gasteiger partial charge in [-0.25, -0.2) is 0 Å². The van der Waals surface area contributed by atoms with Crippen LogP contribution in [-0.2, 0) is 11.2 Å². The maximum absolute atomic E-state index is 12.0. The van der Waals surface area contributed by atoms with Gasteiger partial charge in [0.2, 0.25) is 5.91 Å². The zero-order valence-corrected chi connectivity index (χ0v) is 12.9. The second-order valence-corrected chi connectivity index (χ2v) is 6.08. The molecule has 0 spiro atoms. The SMILES string of the molecule is CC1CCN(CC(=O)NCCc2ccccc2)CC1CN. The largest absolute Gasteiger partial charge is 0.355 e. The molecule has 3 N–H and O–H groups in total. The van der Waals surface area contributed by atoms with Crippen molar-refractivity contribution in [3.63, 3.8) is 0 Å². The molecule has 2 atom stereocenters. The molecule has 2 rings (SSSR count). The lowest BCUT2D eigenvalue weighted by Gasteiger charge is -2.36. The predicted octanol–water partition coefficient (Wildman–Crippen LogP) is 1.26. The number of nitrogens with zero attached hydrogens (tertiary/aromatic N) is 1. The number of benzene rings is 1. The fraction of sp³-hybridized carbons (Fsp3) is 0.588. The van der Waals surface area contributed by atoms with Gasteiger partial charge in [-0.3, -0.25) is 9.69 Å². The lowest BCUT2D eigenvalue weighted by Crippen LogP contribution is -2.46. The third kappa shape index (κ3) is 5.14. The summed E-state index contributed by atoms with van der Waals surface area (Å²) in [5.41, 5.74) is 7.06. The Labute approximate surface area is 127 Å². The molecule has 116 valence electrons. The standard InChI is InChI=1S/C17H27N3O/c1-14-8-10-20(12-16(14)11-18)13-17(21)19-9-7-15-5-3-2-4-6-15/h2-6,14,16H,7-13,18H2,1H3,(H,19,21). The van der Waals surface area contributed by atoms with E-state index in [1.54, 1.807) is 0 Å². The first kappa shape index (κ1) is 16.0. The van der Waals surface area contributed by atoms with E-state index >= 15 is 0 Å². The summed E-state index contributed by atoms with van der Waals surface area (Å²) in [6.07, 6.45) is 2.02. The molecular weight excluding hydrogens is 262 g/mol. The molecule has 1 aliphatic rings. The molecule has 1 heterocycles. The number of carbonyl (C=O) groups is 1. The van der Waals surface area contributed by atoms with Crippen molar-refractivity contribution in [1.29, 1.82) is 0 Å². The van der Waals surface area contributed by atoms with Crippen molar-refractivity contribution in [3.05, 3.63) is 35.9 Å². The molecule has 0 bridgehead atoms. The first-order valence-electron chi connectivity index (χ1n) is 7.92. The summed E-state index contributed by atoms with van der Waals surface area (Å²) in [4.78, 5) is 14.2. The molecule has 0 aromatic heterocycles. The Hall–Kier alpha value is -1.39. The first-order chi connectivity index (χ1) is 10.2. The van der Waals surface area contributed by atoms with Gasteiger partial charge in [0.15, 0.2) is 0 Å². The maximum atomic E-state index is 12.0. The zero-order valence-electron chi connectivity index (χ0n) is 12.9. The number of hydrogen-bond donors (Lipinski definition) is 2. The van der Waals surface area contributed by atoms with Crippen LogP contribution in [-0.4, -0.2) is 43.5 Å². The van der Waals surface area contributed by atoms with Crippen molar-refractivity contribution in [2.75, 3.05) is 32.7 Å². The van der Waals surface area contributed by atoms with Gasteiger partial charge in [0, 0.05) is 13.1 Å². The van der Waals surface area contributed by atoms with Crippen LogP contribution < -0.4 is 11.1 Å². The topological polar surface area (TPSA) is 58.4 Å². The molecule has 2 unspecified atom stereocenters. The molecule has 0 radical (unpaired) electrons. The number of likely N-dealkylation sites (tertiary alicyclic amines) is 1. The van der Waals surface area contributed by atoms with Crippen molar-refractivity contribution < 1.29 is 4.79 Å². The number of piperidine rings is 1. The first-order valence-corrected chi connectivity index (χ1v) is 7.92. The molecule has 1 saturated heterocycles. The number of amides is 1. The van der Waals surface area contributed by atoms with E-state index in [0.29, 0.717) is 31.5 Å². The van der Waals surface area contributed by atoms with Gasteiger partial charge >= 0.3 is 0 Å². The summed E-state index contributed by atoms with van der Waals surface area (Å²) >= 11 is 0. The Balaban J connectivity index is 1.67. The Morgan fingerprint density at radius 1 is 1.38 bits per heavy atom. The normalized spacial score (nSPS) is 23.0. The van der Waals surface area contributed by atoms with Gasteiger partial charge in [-0.05, 0) is 43.3 Å². The Kier molecular flexibility index (Phi) is 6.21. The van der Waals surface area contributed by atoms with Gasteiger partial charge < -0.3 is 11.1 Å². The molecule has 4 heteroatoms. The van der Waals surface area contributed by atoms with Crippen molar-refractivity contribution in [3.8, 4) is 0 Å². The Morgan fingerprint density at radius 2 is 2.14 bits per heavy atom. The Morgan fingerprint density at radius 3 is 2.86 bits per heavy atom. The third-order valence-electron chi connectivity index (χ3n) is 4.45. The quantitative estimate of drug-likeness (QED) is 0.829. The van der Waals surface area contributed by atoms with Crippen LogP contribution in [0, 0.1) is 11.8 Å². The minimum Gasteiger partial charge on any atom is -0.355 e. The molecule has 21 heavy (non-hydrogen) atoms. The second kappa shape index (κ2) is 8.15. The summed E-state index contributed by atoms with van der Waals surface area (Å²) in [5, 5.41) is 3.01. The highest BCUT2D eigenvalue weighted by Crippen LogP contribution is 2.21. The van der Waals surface area contributed by atoms with E-state index in [1.165, 1.54) is 5.56 Å². The lowest BCUT2D eigenvalue weighted by molar-refractivity contribution is -0.122. The summed E-state index contributed by atoms with van der Waals surface area (Å²) in [7, 11) is 0. The number of nitrogens with two attached hydrogens (primary N) is 1. The predicted molar refractivity (Wildman–Crippen MR) is 85.9 cm³/mol. The van der Waals surface area contributed by atoms with Crippen molar-refractivity contribution in [2.45, 2.75) is 19.8 Å². The molecule has 4 nitrogen and oxygen atoms in total. The van der Waals surface area contributed by atoms with E-state index in [2.05, 4.69) is 29.3 Å². The lowest BCUT2D eigenvalue weighted by atomic mass is 9.87. The summed E-state index contributed by atoms with van der Waals surface area (Å²) in [5.74, 6) is 1.32. The van der Waals surface area contributed by atoms with Crippen LogP contribution in [0.15, 0.2) is 30.3 Å². The van der Waals surface area contributed by atoms with E-state index in [4.69, 9.17) is 5.73 Å². The van der Waals surface area contributed by atoms with Crippen molar-refractivity contribution in [2.24, 2.45) is 17.6 Å². The number of rotatable bonds is 6. The van der Waals surface area contributed by atoms with Crippen LogP contribution in [0.4, 0.5) is 0 Å². The van der Waals surface area contributed by atoms with Crippen LogP contribution in [0.1, 0.15) is 18.9 Å². The minimum atomic E-state index is 0.122. The molecule has 1 aromatic carbocycles. The molecule has 1 amide bonds. The van der Waals surface area contributed by atoms with Crippen molar-refractivity contribution in [1.82, 2.24) is 10.2 Å². The fourth-order valence-electron chi connectivity index (χ4n) is 2.93. The third-order valence-corrected chi connectivity index (χ3v) is 4.45. The minimum absolute atomic E-state index is 0.122. The highest BCUT2D eigenvalue weighted by atomic mass is 16.2. The van der Waals surface area contributed by atoms with Gasteiger partial charge in [0.25, 0.3) is 0 Å². The van der Waals surface area contributed by atoms with Crippen molar-refractivity contribution >= 4 is 5.91 Å². The van der Waals surface area contributed by atoms with Gasteiger partial charge in [-0.2, -0.15) is 0 Å². The monoisotopic (exact) mass is 289 g/mol. The van der Waals surface area contributed by atoms with Gasteiger partial charge in [0.1, 0.15) is 0 Å². The van der Waals surface area contributed by atoms with Gasteiger partial charge in [-0.1, -0.05) is 37.3 Å². The summed E-state index contributed by atoms with van der Waals surface area (Å²) in [6, 6.07) is 10.2. The van der Waals surface area contributed by atoms with Crippen LogP contribution in [0.5, 0.6) is 0 Å². The van der Waals surface area contributed by atoms with Gasteiger partial charge in [0.05, 0.1) is 6.54 Å². The number of carbonyl (C=O) groups excluding carboxylic acids is 1. The number of hydrogen-bond acceptors (Lipinski definition) is 3. The zero-order chi connectivity index (χ0) is 15.1. The van der Waals surface area contributed by atoms with Gasteiger partial charge in [-0.15, -0.1) is 0 Å². The molecule has 1 aromatic rings.